The second kappa shape index (κ2) is 9.44. The Kier molecular flexibility index (Phi) is 7.94. The summed E-state index contributed by atoms with van der Waals surface area (Å²) in [7, 11) is 1.89. The largest absolute Gasteiger partial charge is 0.357 e. The summed E-state index contributed by atoms with van der Waals surface area (Å²) in [6.07, 6.45) is 0. The van der Waals surface area contributed by atoms with Crippen LogP contribution in [0.4, 0.5) is 0 Å². The highest BCUT2D eigenvalue weighted by Gasteiger charge is 2.17. The van der Waals surface area contributed by atoms with Crippen LogP contribution in [0.1, 0.15) is 51.7 Å². The maximum atomic E-state index is 12.1. The summed E-state index contributed by atoms with van der Waals surface area (Å²) in [5.41, 5.74) is 2.32. The lowest BCUT2D eigenvalue weighted by Crippen LogP contribution is -2.48. The molecule has 1 rings (SSSR count). The predicted octanol–water partition coefficient (Wildman–Crippen LogP) is 2.91. The van der Waals surface area contributed by atoms with Gasteiger partial charge in [0.2, 0.25) is 5.91 Å². The molecule has 0 radical (unpaired) electrons. The van der Waals surface area contributed by atoms with Gasteiger partial charge in [-0.15, -0.1) is 0 Å². The average Bonchev–Trinajstić information content (AvgIpc) is 2.48. The van der Waals surface area contributed by atoms with E-state index in [0.717, 1.165) is 12.5 Å². The highest BCUT2D eigenvalue weighted by Crippen LogP contribution is 2.16. The fourth-order valence-electron chi connectivity index (χ4n) is 2.52. The van der Waals surface area contributed by atoms with Gasteiger partial charge in [-0.25, -0.2) is 0 Å². The van der Waals surface area contributed by atoms with Gasteiger partial charge in [0.05, 0.1) is 6.54 Å². The van der Waals surface area contributed by atoms with E-state index in [1.807, 2.05) is 39.6 Å². The monoisotopic (exact) mass is 346 g/mol. The first-order chi connectivity index (χ1) is 11.6. The van der Waals surface area contributed by atoms with Gasteiger partial charge in [-0.3, -0.25) is 9.79 Å². The van der Waals surface area contributed by atoms with Crippen LogP contribution in [0, 0.1) is 6.92 Å². The van der Waals surface area contributed by atoms with Gasteiger partial charge in [-0.2, -0.15) is 0 Å². The van der Waals surface area contributed by atoms with Crippen LogP contribution >= 0.6 is 0 Å². The molecule has 0 saturated carbocycles. The SMILES string of the molecule is CCNC(=NCC(C)c1cccc(C)c1)N(C)CC(=O)NC(C)(C)C. The van der Waals surface area contributed by atoms with Gasteiger partial charge in [0, 0.05) is 31.6 Å². The summed E-state index contributed by atoms with van der Waals surface area (Å²) in [5.74, 6) is 1.07. The number of nitrogens with zero attached hydrogens (tertiary/aromatic N) is 2. The van der Waals surface area contributed by atoms with E-state index in [0.29, 0.717) is 12.5 Å². The molecule has 0 aliphatic heterocycles. The summed E-state index contributed by atoms with van der Waals surface area (Å²) in [4.78, 5) is 18.7. The molecule has 0 saturated heterocycles. The number of carbonyl (C=O) groups excluding carboxylic acids is 1. The van der Waals surface area contributed by atoms with Crippen molar-refractivity contribution in [3.63, 3.8) is 0 Å². The van der Waals surface area contributed by atoms with Gasteiger partial charge >= 0.3 is 0 Å². The molecular formula is C20H34N4O. The van der Waals surface area contributed by atoms with E-state index in [2.05, 4.69) is 48.7 Å². The van der Waals surface area contributed by atoms with Gasteiger partial charge in [0.15, 0.2) is 5.96 Å². The van der Waals surface area contributed by atoms with Crippen LogP contribution in [0.3, 0.4) is 0 Å². The fraction of sp³-hybridized carbons (Fsp3) is 0.600. The maximum absolute atomic E-state index is 12.1. The minimum Gasteiger partial charge on any atom is -0.357 e. The molecule has 0 aliphatic carbocycles. The van der Waals surface area contributed by atoms with Crippen molar-refractivity contribution in [2.75, 3.05) is 26.7 Å². The number of guanidine groups is 1. The zero-order chi connectivity index (χ0) is 19.0. The number of hydrogen-bond donors (Lipinski definition) is 2. The normalized spacial score (nSPS) is 13.3. The molecule has 140 valence electrons. The average molecular weight is 347 g/mol. The number of benzene rings is 1. The molecule has 1 atom stereocenters. The quantitative estimate of drug-likeness (QED) is 0.615. The van der Waals surface area contributed by atoms with E-state index in [9.17, 15) is 4.79 Å². The predicted molar refractivity (Wildman–Crippen MR) is 106 cm³/mol. The number of likely N-dealkylation sites (N-methyl/N-ethyl adjacent to an activating group) is 1. The van der Waals surface area contributed by atoms with Gasteiger partial charge < -0.3 is 15.5 Å². The van der Waals surface area contributed by atoms with Crippen LogP contribution in [0.5, 0.6) is 0 Å². The molecule has 0 fully saturated rings. The first kappa shape index (κ1) is 21.0. The van der Waals surface area contributed by atoms with Crippen molar-refractivity contribution in [2.45, 2.75) is 53.0 Å². The molecule has 1 unspecified atom stereocenters. The second-order valence-electron chi connectivity index (χ2n) is 7.66. The van der Waals surface area contributed by atoms with Crippen molar-refractivity contribution in [2.24, 2.45) is 4.99 Å². The fourth-order valence-corrected chi connectivity index (χ4v) is 2.52. The second-order valence-corrected chi connectivity index (χ2v) is 7.66. The van der Waals surface area contributed by atoms with Crippen LogP contribution < -0.4 is 10.6 Å². The Morgan fingerprint density at radius 1 is 1.32 bits per heavy atom. The third-order valence-corrected chi connectivity index (χ3v) is 3.72. The number of aryl methyl sites for hydroxylation is 1. The van der Waals surface area contributed by atoms with Crippen molar-refractivity contribution in [3.05, 3.63) is 35.4 Å². The van der Waals surface area contributed by atoms with Crippen LogP contribution in [0.2, 0.25) is 0 Å². The Morgan fingerprint density at radius 2 is 2.00 bits per heavy atom. The van der Waals surface area contributed by atoms with Crippen molar-refractivity contribution < 1.29 is 4.79 Å². The van der Waals surface area contributed by atoms with Crippen molar-refractivity contribution in [1.82, 2.24) is 15.5 Å². The van der Waals surface area contributed by atoms with E-state index in [1.54, 1.807) is 0 Å². The highest BCUT2D eigenvalue weighted by atomic mass is 16.2. The van der Waals surface area contributed by atoms with Crippen LogP contribution in [0.25, 0.3) is 0 Å². The summed E-state index contributed by atoms with van der Waals surface area (Å²) in [6, 6.07) is 8.53. The van der Waals surface area contributed by atoms with Gasteiger partial charge in [0.25, 0.3) is 0 Å². The summed E-state index contributed by atoms with van der Waals surface area (Å²) in [5, 5.41) is 6.25. The molecule has 1 amide bonds. The maximum Gasteiger partial charge on any atom is 0.240 e. The third-order valence-electron chi connectivity index (χ3n) is 3.72. The number of amides is 1. The molecule has 0 heterocycles. The smallest absolute Gasteiger partial charge is 0.240 e. The van der Waals surface area contributed by atoms with Crippen LogP contribution in [-0.4, -0.2) is 49.0 Å². The third kappa shape index (κ3) is 8.05. The number of carbonyl (C=O) groups is 1. The first-order valence-electron chi connectivity index (χ1n) is 8.99. The van der Waals surface area contributed by atoms with E-state index >= 15 is 0 Å². The molecule has 0 aromatic heterocycles. The molecular weight excluding hydrogens is 312 g/mol. The van der Waals surface area contributed by atoms with Crippen molar-refractivity contribution >= 4 is 11.9 Å². The Bertz CT molecular complexity index is 590. The standard InChI is InChI=1S/C20H34N4O/c1-8-21-19(24(7)14-18(25)23-20(4,5)6)22-13-16(3)17-11-9-10-15(2)12-17/h9-12,16H,8,13-14H2,1-7H3,(H,21,22)(H,23,25). The zero-order valence-corrected chi connectivity index (χ0v) is 16.8. The van der Waals surface area contributed by atoms with Crippen molar-refractivity contribution in [1.29, 1.82) is 0 Å². The molecule has 0 bridgehead atoms. The Labute approximate surface area is 152 Å². The van der Waals surface area contributed by atoms with E-state index in [1.165, 1.54) is 11.1 Å². The molecule has 1 aromatic carbocycles. The summed E-state index contributed by atoms with van der Waals surface area (Å²) < 4.78 is 0. The molecule has 5 heteroatoms. The Morgan fingerprint density at radius 3 is 2.56 bits per heavy atom. The van der Waals surface area contributed by atoms with Crippen molar-refractivity contribution in [3.8, 4) is 0 Å². The van der Waals surface area contributed by atoms with Gasteiger partial charge in [-0.05, 0) is 40.2 Å². The summed E-state index contributed by atoms with van der Waals surface area (Å²) in [6.45, 7) is 14.0. The molecule has 0 aliphatic rings. The van der Waals surface area contributed by atoms with Crippen LogP contribution in [-0.2, 0) is 4.79 Å². The van der Waals surface area contributed by atoms with E-state index in [-0.39, 0.29) is 18.0 Å². The minimum absolute atomic E-state index is 0.00710. The topological polar surface area (TPSA) is 56.7 Å². The zero-order valence-electron chi connectivity index (χ0n) is 16.8. The Balaban J connectivity index is 2.73. The van der Waals surface area contributed by atoms with E-state index in [4.69, 9.17) is 4.99 Å². The van der Waals surface area contributed by atoms with E-state index < -0.39 is 0 Å². The number of hydrogen-bond acceptors (Lipinski definition) is 2. The van der Waals surface area contributed by atoms with Gasteiger partial charge in [-0.1, -0.05) is 36.8 Å². The first-order valence-corrected chi connectivity index (χ1v) is 8.99. The number of aliphatic imine (C=N–C) groups is 1. The van der Waals surface area contributed by atoms with Crippen LogP contribution in [0.15, 0.2) is 29.3 Å². The Hall–Kier alpha value is -2.04. The lowest BCUT2D eigenvalue weighted by Gasteiger charge is -2.25. The lowest BCUT2D eigenvalue weighted by molar-refractivity contribution is -0.122. The molecule has 0 spiro atoms. The molecule has 1 aromatic rings. The minimum atomic E-state index is -0.229. The lowest BCUT2D eigenvalue weighted by atomic mass is 10.00. The number of rotatable bonds is 6. The molecule has 25 heavy (non-hydrogen) atoms. The van der Waals surface area contributed by atoms with Gasteiger partial charge in [0.1, 0.15) is 0 Å². The summed E-state index contributed by atoms with van der Waals surface area (Å²) >= 11 is 0. The highest BCUT2D eigenvalue weighted by molar-refractivity contribution is 5.86. The number of nitrogens with one attached hydrogen (secondary N) is 2. The molecule has 5 nitrogen and oxygen atoms in total. The molecule has 2 N–H and O–H groups in total.